The number of nitrogens with zero attached hydrogens (tertiary/aromatic N) is 1. The van der Waals surface area contributed by atoms with Crippen LogP contribution in [0.1, 0.15) is 5.69 Å². The van der Waals surface area contributed by atoms with Crippen molar-refractivity contribution in [1.82, 2.24) is 4.98 Å². The number of pyridine rings is 1. The van der Waals surface area contributed by atoms with E-state index in [0.717, 1.165) is 23.6 Å². The number of hydrogen-bond donors (Lipinski definition) is 0. The molecule has 2 aromatic rings. The summed E-state index contributed by atoms with van der Waals surface area (Å²) in [6.45, 7) is 0. The van der Waals surface area contributed by atoms with E-state index in [1.165, 1.54) is 30.5 Å². The first kappa shape index (κ1) is 13.4. The average Bonchev–Trinajstić information content (AvgIpc) is 2.38. The van der Waals surface area contributed by atoms with Crippen molar-refractivity contribution in [2.24, 2.45) is 0 Å². The van der Waals surface area contributed by atoms with Crippen molar-refractivity contribution in [2.75, 3.05) is 0 Å². The molecule has 98 valence electrons. The topological polar surface area (TPSA) is 47.0 Å². The molecule has 0 aliphatic heterocycles. The highest BCUT2D eigenvalue weighted by atomic mass is 32.2. The minimum absolute atomic E-state index is 0.0949. The summed E-state index contributed by atoms with van der Waals surface area (Å²) in [6, 6.07) is 7.15. The maximum atomic E-state index is 13.3. The van der Waals surface area contributed by atoms with E-state index in [0.29, 0.717) is 0 Å². The van der Waals surface area contributed by atoms with Crippen molar-refractivity contribution in [3.8, 4) is 0 Å². The van der Waals surface area contributed by atoms with Crippen molar-refractivity contribution in [3.63, 3.8) is 0 Å². The van der Waals surface area contributed by atoms with Crippen molar-refractivity contribution in [3.05, 3.63) is 65.3 Å². The average molecular weight is 281 g/mol. The Balaban J connectivity index is 2.35. The third kappa shape index (κ3) is 3.23. The molecule has 0 unspecified atom stereocenters. The van der Waals surface area contributed by atoms with Gasteiger partial charge in [0.1, 0.15) is 11.6 Å². The molecule has 2 rings (SSSR count). The number of halogens is 2. The van der Waals surface area contributed by atoms with Gasteiger partial charge in [-0.15, -0.1) is 0 Å². The van der Waals surface area contributed by atoms with Crippen LogP contribution in [0.2, 0.25) is 0 Å². The van der Waals surface area contributed by atoms with Gasteiger partial charge in [-0.2, -0.15) is 0 Å². The number of benzene rings is 1. The third-order valence-corrected chi connectivity index (χ3v) is 3.72. The van der Waals surface area contributed by atoms with Crippen LogP contribution in [0, 0.1) is 11.6 Å². The number of aromatic nitrogens is 1. The Kier molecular flexibility index (Phi) is 3.71. The summed E-state index contributed by atoms with van der Waals surface area (Å²) in [7, 11) is -3.82. The first-order valence-electron chi connectivity index (χ1n) is 5.28. The zero-order valence-corrected chi connectivity index (χ0v) is 10.4. The number of sulfone groups is 1. The molecule has 0 spiro atoms. The van der Waals surface area contributed by atoms with Gasteiger partial charge < -0.3 is 0 Å². The predicted molar refractivity (Wildman–Crippen MR) is 66.8 cm³/mol. The van der Waals surface area contributed by atoms with E-state index >= 15 is 0 Å². The lowest BCUT2D eigenvalue weighted by Gasteiger charge is -1.99. The molecule has 0 aliphatic carbocycles. The molecule has 0 bridgehead atoms. The van der Waals surface area contributed by atoms with Crippen molar-refractivity contribution in [1.29, 1.82) is 0 Å². The van der Waals surface area contributed by atoms with Crippen LogP contribution in [0.3, 0.4) is 0 Å². The molecule has 0 saturated carbocycles. The molecular formula is C13H9F2NO2S. The van der Waals surface area contributed by atoms with Crippen LogP contribution in [0.5, 0.6) is 0 Å². The van der Waals surface area contributed by atoms with Gasteiger partial charge in [-0.3, -0.25) is 4.98 Å². The zero-order chi connectivity index (χ0) is 13.9. The Hall–Kier alpha value is -2.08. The van der Waals surface area contributed by atoms with Crippen LogP contribution in [-0.2, 0) is 9.84 Å². The second kappa shape index (κ2) is 5.27. The van der Waals surface area contributed by atoms with Gasteiger partial charge in [-0.25, -0.2) is 17.2 Å². The highest BCUT2D eigenvalue weighted by Crippen LogP contribution is 2.15. The quantitative estimate of drug-likeness (QED) is 0.869. The Labute approximate surface area is 109 Å². The first-order chi connectivity index (χ1) is 8.99. The van der Waals surface area contributed by atoms with Crippen LogP contribution < -0.4 is 0 Å². The van der Waals surface area contributed by atoms with Crippen LogP contribution in [0.4, 0.5) is 8.78 Å². The Morgan fingerprint density at radius 3 is 2.58 bits per heavy atom. The Morgan fingerprint density at radius 2 is 1.89 bits per heavy atom. The van der Waals surface area contributed by atoms with Crippen molar-refractivity contribution in [2.45, 2.75) is 4.90 Å². The van der Waals surface area contributed by atoms with Crippen molar-refractivity contribution >= 4 is 15.9 Å². The molecule has 3 nitrogen and oxygen atoms in total. The zero-order valence-electron chi connectivity index (χ0n) is 9.62. The van der Waals surface area contributed by atoms with Gasteiger partial charge in [-0.1, -0.05) is 6.07 Å². The fraction of sp³-hybridized carbons (Fsp3) is 0. The molecular weight excluding hydrogens is 272 g/mol. The fourth-order valence-corrected chi connectivity index (χ4v) is 2.41. The lowest BCUT2D eigenvalue weighted by atomic mass is 10.3. The highest BCUT2D eigenvalue weighted by Gasteiger charge is 2.11. The molecule has 0 aliphatic rings. The summed E-state index contributed by atoms with van der Waals surface area (Å²) >= 11 is 0. The molecule has 1 heterocycles. The summed E-state index contributed by atoms with van der Waals surface area (Å²) in [4.78, 5) is 3.50. The third-order valence-electron chi connectivity index (χ3n) is 2.32. The maximum Gasteiger partial charge on any atom is 0.199 e. The summed E-state index contributed by atoms with van der Waals surface area (Å²) in [5, 5.41) is 0.799. The van der Waals surface area contributed by atoms with Gasteiger partial charge in [-0.05, 0) is 36.4 Å². The minimum atomic E-state index is -3.82. The van der Waals surface area contributed by atoms with Crippen LogP contribution in [0.15, 0.2) is 52.9 Å². The standard InChI is InChI=1S/C13H9F2NO2S/c14-10-3-1-4-11(9-10)19(17,18)8-6-13-12(15)5-2-7-16-13/h1-9H/b8-6+. The molecule has 6 heteroatoms. The van der Waals surface area contributed by atoms with E-state index < -0.39 is 21.5 Å². The van der Waals surface area contributed by atoms with E-state index in [4.69, 9.17) is 0 Å². The molecule has 0 N–H and O–H groups in total. The SMILES string of the molecule is O=S(=O)(/C=C/c1ncccc1F)c1cccc(F)c1. The van der Waals surface area contributed by atoms with Gasteiger partial charge in [0.25, 0.3) is 0 Å². The molecule has 0 radical (unpaired) electrons. The van der Waals surface area contributed by atoms with E-state index in [2.05, 4.69) is 4.98 Å². The summed E-state index contributed by atoms with van der Waals surface area (Å²) in [6.07, 6.45) is 2.38. The molecule has 0 fully saturated rings. The van der Waals surface area contributed by atoms with E-state index in [1.807, 2.05) is 0 Å². The van der Waals surface area contributed by atoms with Gasteiger partial charge in [0.15, 0.2) is 9.84 Å². The van der Waals surface area contributed by atoms with Gasteiger partial charge in [0.2, 0.25) is 0 Å². The molecule has 0 amide bonds. The van der Waals surface area contributed by atoms with Gasteiger partial charge in [0, 0.05) is 11.6 Å². The maximum absolute atomic E-state index is 13.3. The largest absolute Gasteiger partial charge is 0.254 e. The van der Waals surface area contributed by atoms with Crippen molar-refractivity contribution < 1.29 is 17.2 Å². The molecule has 0 atom stereocenters. The molecule has 0 saturated heterocycles. The summed E-state index contributed by atoms with van der Waals surface area (Å²) in [5.74, 6) is -1.29. The van der Waals surface area contributed by atoms with Gasteiger partial charge in [0.05, 0.1) is 10.6 Å². The van der Waals surface area contributed by atoms with E-state index in [9.17, 15) is 17.2 Å². The second-order valence-electron chi connectivity index (χ2n) is 3.68. The monoisotopic (exact) mass is 281 g/mol. The first-order valence-corrected chi connectivity index (χ1v) is 6.83. The Bertz CT molecular complexity index is 727. The minimum Gasteiger partial charge on any atom is -0.254 e. The lowest BCUT2D eigenvalue weighted by molar-refractivity contribution is 0.598. The van der Waals surface area contributed by atoms with Crippen LogP contribution in [-0.4, -0.2) is 13.4 Å². The lowest BCUT2D eigenvalue weighted by Crippen LogP contribution is -1.97. The van der Waals surface area contributed by atoms with Crippen LogP contribution >= 0.6 is 0 Å². The smallest absolute Gasteiger partial charge is 0.199 e. The predicted octanol–water partition coefficient (Wildman–Crippen LogP) is 2.80. The van der Waals surface area contributed by atoms with Gasteiger partial charge >= 0.3 is 0 Å². The van der Waals surface area contributed by atoms with E-state index in [-0.39, 0.29) is 10.6 Å². The Morgan fingerprint density at radius 1 is 1.11 bits per heavy atom. The van der Waals surface area contributed by atoms with Crippen LogP contribution in [0.25, 0.3) is 6.08 Å². The molecule has 1 aromatic carbocycles. The summed E-state index contributed by atoms with van der Waals surface area (Å²) in [5.41, 5.74) is -0.0949. The second-order valence-corrected chi connectivity index (χ2v) is 5.51. The molecule has 1 aromatic heterocycles. The number of hydrogen-bond acceptors (Lipinski definition) is 3. The summed E-state index contributed by atoms with van der Waals surface area (Å²) < 4.78 is 50.0. The number of rotatable bonds is 3. The highest BCUT2D eigenvalue weighted by molar-refractivity contribution is 7.94. The van der Waals surface area contributed by atoms with E-state index in [1.54, 1.807) is 0 Å². The normalized spacial score (nSPS) is 11.9. The molecule has 19 heavy (non-hydrogen) atoms. The fourth-order valence-electron chi connectivity index (χ4n) is 1.40.